The third-order valence-corrected chi connectivity index (χ3v) is 8.14. The summed E-state index contributed by atoms with van der Waals surface area (Å²) in [4.78, 5) is 23.8. The number of hydrogen-bond acceptors (Lipinski definition) is 5. The molecule has 0 spiro atoms. The maximum absolute atomic E-state index is 11.9. The summed E-state index contributed by atoms with van der Waals surface area (Å²) in [6, 6.07) is 0. The molecule has 8 heteroatoms. The van der Waals surface area contributed by atoms with Crippen LogP contribution in [-0.2, 0) is 20.8 Å². The number of thiazole rings is 1. The largest absolute Gasteiger partial charge is 1.00 e. The van der Waals surface area contributed by atoms with Crippen LogP contribution in [0.1, 0.15) is 148 Å². The van der Waals surface area contributed by atoms with E-state index in [1.165, 1.54) is 103 Å². The van der Waals surface area contributed by atoms with E-state index in [-0.39, 0.29) is 36.2 Å². The third-order valence-electron chi connectivity index (χ3n) is 7.47. The van der Waals surface area contributed by atoms with Crippen molar-refractivity contribution in [2.75, 3.05) is 19.8 Å². The first-order chi connectivity index (χ1) is 20.1. The van der Waals surface area contributed by atoms with Crippen molar-refractivity contribution in [1.29, 1.82) is 0 Å². The highest BCUT2D eigenvalue weighted by Gasteiger charge is 2.07. The molecule has 42 heavy (non-hydrogen) atoms. The molecule has 0 aliphatic carbocycles. The minimum atomic E-state index is -0.434. The van der Waals surface area contributed by atoms with E-state index < -0.39 is 6.09 Å². The summed E-state index contributed by atoms with van der Waals surface area (Å²) in [7, 11) is 0. The number of carbonyl (C=O) groups is 2. The van der Waals surface area contributed by atoms with Crippen LogP contribution in [-0.4, -0.2) is 31.8 Å². The molecule has 0 aromatic carbocycles. The number of alkyl carbamates (subject to hydrolysis) is 1. The van der Waals surface area contributed by atoms with Gasteiger partial charge in [0, 0.05) is 19.4 Å². The highest BCUT2D eigenvalue weighted by Crippen LogP contribution is 2.13. The lowest BCUT2D eigenvalue weighted by molar-refractivity contribution is -0.692. The molecular formula is C34H61BrN2O4S. The Labute approximate surface area is 272 Å². The summed E-state index contributed by atoms with van der Waals surface area (Å²) in [6.07, 6.45) is 28.8. The van der Waals surface area contributed by atoms with E-state index in [2.05, 4.69) is 40.5 Å². The fourth-order valence-electron chi connectivity index (χ4n) is 4.86. The number of unbranched alkanes of at least 4 members (excludes halogenated alkanes) is 19. The first-order valence-electron chi connectivity index (χ1n) is 16.8. The van der Waals surface area contributed by atoms with E-state index in [9.17, 15) is 9.59 Å². The lowest BCUT2D eigenvalue weighted by Gasteiger charge is -2.10. The molecule has 1 amide bonds. The molecular weight excluding hydrogens is 612 g/mol. The molecule has 0 radical (unpaired) electrons. The summed E-state index contributed by atoms with van der Waals surface area (Å²) in [5, 5.41) is 4.89. The number of amides is 1. The first kappa shape index (κ1) is 40.6. The zero-order valence-electron chi connectivity index (χ0n) is 26.7. The summed E-state index contributed by atoms with van der Waals surface area (Å²) in [5.74, 6) is -0.215. The number of esters is 1. The van der Waals surface area contributed by atoms with Crippen molar-refractivity contribution in [3.8, 4) is 0 Å². The van der Waals surface area contributed by atoms with E-state index in [0.29, 0.717) is 18.5 Å². The van der Waals surface area contributed by atoms with Gasteiger partial charge < -0.3 is 31.8 Å². The zero-order chi connectivity index (χ0) is 29.6. The van der Waals surface area contributed by atoms with Crippen LogP contribution in [0.5, 0.6) is 0 Å². The van der Waals surface area contributed by atoms with Crippen LogP contribution < -0.4 is 26.9 Å². The molecule has 0 aliphatic rings. The smallest absolute Gasteiger partial charge is 0.407 e. The van der Waals surface area contributed by atoms with Crippen LogP contribution >= 0.6 is 11.3 Å². The molecule has 1 aromatic rings. The van der Waals surface area contributed by atoms with E-state index in [0.717, 1.165) is 38.6 Å². The molecule has 0 bridgehead atoms. The zero-order valence-corrected chi connectivity index (χ0v) is 29.1. The molecule has 0 fully saturated rings. The molecule has 244 valence electrons. The van der Waals surface area contributed by atoms with Crippen molar-refractivity contribution < 1.29 is 40.6 Å². The predicted octanol–water partition coefficient (Wildman–Crippen LogP) is 6.47. The van der Waals surface area contributed by atoms with Crippen molar-refractivity contribution in [1.82, 2.24) is 5.32 Å². The summed E-state index contributed by atoms with van der Waals surface area (Å²) in [5.41, 5.74) is 2.71. The van der Waals surface area contributed by atoms with Crippen molar-refractivity contribution in [3.05, 3.63) is 29.2 Å². The van der Waals surface area contributed by atoms with Gasteiger partial charge in [0.2, 0.25) is 5.51 Å². The second-order valence-electron chi connectivity index (χ2n) is 11.5. The predicted molar refractivity (Wildman–Crippen MR) is 171 cm³/mol. The highest BCUT2D eigenvalue weighted by atomic mass is 79.9. The Morgan fingerprint density at radius 3 is 1.76 bits per heavy atom. The Bertz CT molecular complexity index is 761. The van der Waals surface area contributed by atoms with Crippen molar-refractivity contribution in [2.24, 2.45) is 0 Å². The quantitative estimate of drug-likeness (QED) is 0.0459. The fraction of sp³-hybridized carbons (Fsp3) is 0.794. The monoisotopic (exact) mass is 672 g/mol. The van der Waals surface area contributed by atoms with Crippen LogP contribution in [0.15, 0.2) is 29.2 Å². The van der Waals surface area contributed by atoms with Crippen LogP contribution in [0.4, 0.5) is 4.79 Å². The topological polar surface area (TPSA) is 68.5 Å². The Kier molecular flexibility index (Phi) is 30.0. The molecule has 0 atom stereocenters. The van der Waals surface area contributed by atoms with Crippen LogP contribution in [0.3, 0.4) is 0 Å². The molecule has 1 aromatic heterocycles. The average Bonchev–Trinajstić information content (AvgIpc) is 3.49. The van der Waals surface area contributed by atoms with Gasteiger partial charge in [0.05, 0.1) is 5.38 Å². The first-order valence-corrected chi connectivity index (χ1v) is 17.7. The molecule has 0 saturated heterocycles. The van der Waals surface area contributed by atoms with E-state index in [1.54, 1.807) is 11.3 Å². The average molecular weight is 674 g/mol. The third kappa shape index (κ3) is 27.4. The number of nitrogens with one attached hydrogen (secondary N) is 1. The van der Waals surface area contributed by atoms with Gasteiger partial charge in [0.15, 0.2) is 6.20 Å². The number of ether oxygens (including phenoxy) is 2. The number of halogens is 1. The summed E-state index contributed by atoms with van der Waals surface area (Å²) in [6.45, 7) is 7.99. The van der Waals surface area contributed by atoms with Crippen molar-refractivity contribution in [2.45, 2.75) is 155 Å². The Balaban J connectivity index is 0.0000168. The van der Waals surface area contributed by atoms with Gasteiger partial charge in [0.1, 0.15) is 19.8 Å². The van der Waals surface area contributed by atoms with E-state index in [1.807, 2.05) is 0 Å². The second kappa shape index (κ2) is 31.0. The van der Waals surface area contributed by atoms with Gasteiger partial charge >= 0.3 is 12.1 Å². The molecule has 1 N–H and O–H groups in total. The maximum atomic E-state index is 11.9. The van der Waals surface area contributed by atoms with Gasteiger partial charge in [-0.3, -0.25) is 4.79 Å². The van der Waals surface area contributed by atoms with Gasteiger partial charge in [-0.05, 0) is 24.8 Å². The number of aryl methyl sites for hydroxylation is 1. The molecule has 0 aliphatic heterocycles. The highest BCUT2D eigenvalue weighted by molar-refractivity contribution is 7.07. The number of aromatic nitrogens is 1. The van der Waals surface area contributed by atoms with Gasteiger partial charge in [-0.1, -0.05) is 134 Å². The minimum Gasteiger partial charge on any atom is -1.00 e. The summed E-state index contributed by atoms with van der Waals surface area (Å²) >= 11 is 1.71. The Hall–Kier alpha value is -1.41. The fourth-order valence-corrected chi connectivity index (χ4v) is 5.49. The van der Waals surface area contributed by atoms with E-state index >= 15 is 0 Å². The van der Waals surface area contributed by atoms with E-state index in [4.69, 9.17) is 9.47 Å². The van der Waals surface area contributed by atoms with Gasteiger partial charge in [-0.15, -0.1) is 0 Å². The van der Waals surface area contributed by atoms with Gasteiger partial charge in [0.25, 0.3) is 0 Å². The molecule has 1 heterocycles. The minimum absolute atomic E-state index is 0. The van der Waals surface area contributed by atoms with Gasteiger partial charge in [-0.2, -0.15) is 4.57 Å². The molecule has 0 saturated carbocycles. The van der Waals surface area contributed by atoms with Crippen LogP contribution in [0, 0.1) is 0 Å². The van der Waals surface area contributed by atoms with Crippen LogP contribution in [0.2, 0.25) is 0 Å². The maximum Gasteiger partial charge on any atom is 0.407 e. The van der Waals surface area contributed by atoms with Crippen LogP contribution in [0.25, 0.3) is 0 Å². The Morgan fingerprint density at radius 2 is 1.21 bits per heavy atom. The van der Waals surface area contributed by atoms with Gasteiger partial charge in [-0.25, -0.2) is 4.79 Å². The number of rotatable bonds is 29. The molecule has 0 unspecified atom stereocenters. The number of carbonyl (C=O) groups excluding carboxylic acids is 2. The number of nitrogens with zero attached hydrogens (tertiary/aromatic N) is 1. The normalized spacial score (nSPS) is 10.7. The van der Waals surface area contributed by atoms with Crippen molar-refractivity contribution >= 4 is 23.4 Å². The Morgan fingerprint density at radius 1 is 0.714 bits per heavy atom. The van der Waals surface area contributed by atoms with Crippen molar-refractivity contribution in [3.63, 3.8) is 0 Å². The second-order valence-corrected chi connectivity index (χ2v) is 12.3. The SMILES string of the molecule is C=C(COC(=O)CCCCCCC[n+]1ccsc1)COC(=O)NCCCCCCCCCCCCCCCCCC.[Br-]. The number of hydrogen-bond donors (Lipinski definition) is 1. The standard InChI is InChI=1S/C34H60N2O4S.BrH/c1-3-4-5-6-7-8-9-10-11-12-13-14-15-16-19-22-25-35-34(38)40-30-32(2)29-39-33(37)24-21-18-17-20-23-26-36-27-28-41-31-36;/h27-28,31H,2-26,29-30H2,1H3;1H. The summed E-state index contributed by atoms with van der Waals surface area (Å²) < 4.78 is 12.7. The molecule has 6 nitrogen and oxygen atoms in total. The lowest BCUT2D eigenvalue weighted by Crippen LogP contribution is -3.00. The lowest BCUT2D eigenvalue weighted by atomic mass is 10.0. The molecule has 1 rings (SSSR count).